The maximum Gasteiger partial charge on any atom is 0.322 e. The van der Waals surface area contributed by atoms with Gasteiger partial charge in [0.2, 0.25) is 5.91 Å². The van der Waals surface area contributed by atoms with Gasteiger partial charge in [0.25, 0.3) is 0 Å². The van der Waals surface area contributed by atoms with E-state index in [-0.39, 0.29) is 18.9 Å². The molecule has 4 atom stereocenters. The lowest BCUT2D eigenvalue weighted by molar-refractivity contribution is -0.140. The SMILES string of the molecule is CCC(C)C(N)C(=O)O.NC(=O)CC(N)C(=O)O.NC(CO)C(=O)O.NCC(=O)O. The third-order valence-electron chi connectivity index (χ3n) is 2.97. The van der Waals surface area contributed by atoms with Crippen LogP contribution in [0.1, 0.15) is 26.7 Å². The highest BCUT2D eigenvalue weighted by Crippen LogP contribution is 2.04. The molecule has 15 nitrogen and oxygen atoms in total. The van der Waals surface area contributed by atoms with Gasteiger partial charge in [-0.3, -0.25) is 24.0 Å². The molecule has 15 N–H and O–H groups in total. The summed E-state index contributed by atoms with van der Waals surface area (Å²) >= 11 is 0. The van der Waals surface area contributed by atoms with E-state index in [1.807, 2.05) is 13.8 Å². The summed E-state index contributed by atoms with van der Waals surface area (Å²) in [5, 5.41) is 40.0. The number of hydrogen-bond donors (Lipinski definition) is 10. The van der Waals surface area contributed by atoms with Crippen molar-refractivity contribution in [2.45, 2.75) is 44.8 Å². The van der Waals surface area contributed by atoms with E-state index in [0.29, 0.717) is 0 Å². The largest absolute Gasteiger partial charge is 0.480 e. The van der Waals surface area contributed by atoms with Crippen molar-refractivity contribution >= 4 is 29.8 Å². The third-order valence-corrected chi connectivity index (χ3v) is 2.97. The Morgan fingerprint density at radius 1 is 0.833 bits per heavy atom. The van der Waals surface area contributed by atoms with Crippen molar-refractivity contribution in [1.29, 1.82) is 0 Å². The van der Waals surface area contributed by atoms with Gasteiger partial charge >= 0.3 is 23.9 Å². The normalized spacial score (nSPS) is 13.2. The Labute approximate surface area is 172 Å². The summed E-state index contributed by atoms with van der Waals surface area (Å²) in [4.78, 5) is 49.0. The number of carbonyl (C=O) groups excluding carboxylic acids is 1. The highest BCUT2D eigenvalue weighted by Gasteiger charge is 2.17. The lowest BCUT2D eigenvalue weighted by Gasteiger charge is -2.11. The van der Waals surface area contributed by atoms with Gasteiger partial charge in [-0.1, -0.05) is 20.3 Å². The number of nitrogens with two attached hydrogens (primary N) is 5. The minimum absolute atomic E-state index is 0.0718. The second-order valence-corrected chi connectivity index (χ2v) is 5.59. The van der Waals surface area contributed by atoms with Crippen molar-refractivity contribution in [3.63, 3.8) is 0 Å². The van der Waals surface area contributed by atoms with E-state index in [9.17, 15) is 24.0 Å². The van der Waals surface area contributed by atoms with E-state index in [1.54, 1.807) is 0 Å². The summed E-state index contributed by atoms with van der Waals surface area (Å²) in [5.74, 6) is -4.90. The van der Waals surface area contributed by atoms with Crippen molar-refractivity contribution < 1.29 is 49.5 Å². The number of aliphatic hydroxyl groups is 1. The number of carboxylic acid groups (broad SMARTS) is 4. The van der Waals surface area contributed by atoms with E-state index < -0.39 is 54.5 Å². The number of rotatable bonds is 9. The van der Waals surface area contributed by atoms with Gasteiger partial charge in [0.1, 0.15) is 18.1 Å². The van der Waals surface area contributed by atoms with E-state index in [4.69, 9.17) is 42.7 Å². The quantitative estimate of drug-likeness (QED) is 0.163. The minimum Gasteiger partial charge on any atom is -0.480 e. The number of aliphatic hydroxyl groups excluding tert-OH is 1. The van der Waals surface area contributed by atoms with Crippen LogP contribution in [0.4, 0.5) is 0 Å². The van der Waals surface area contributed by atoms with Crippen LogP contribution in [0.3, 0.4) is 0 Å². The molecule has 0 aliphatic rings. The van der Waals surface area contributed by atoms with Crippen LogP contribution in [-0.4, -0.2) is 86.6 Å². The molecule has 4 unspecified atom stereocenters. The monoisotopic (exact) mass is 443 g/mol. The van der Waals surface area contributed by atoms with Gasteiger partial charge in [-0.25, -0.2) is 0 Å². The first kappa shape index (κ1) is 34.6. The Balaban J connectivity index is -0.000000154. The molecule has 0 aromatic rings. The van der Waals surface area contributed by atoms with Crippen molar-refractivity contribution in [3.8, 4) is 0 Å². The second kappa shape index (κ2) is 20.9. The number of amides is 1. The average molecular weight is 443 g/mol. The Bertz CT molecular complexity index is 532. The zero-order chi connectivity index (χ0) is 25.0. The van der Waals surface area contributed by atoms with Crippen LogP contribution in [0.5, 0.6) is 0 Å². The van der Waals surface area contributed by atoms with E-state index in [1.165, 1.54) is 0 Å². The minimum atomic E-state index is -1.21. The highest BCUT2D eigenvalue weighted by molar-refractivity contribution is 5.83. The molecule has 15 heteroatoms. The molecule has 0 rings (SSSR count). The number of carbonyl (C=O) groups is 5. The van der Waals surface area contributed by atoms with Gasteiger partial charge in [-0.2, -0.15) is 0 Å². The van der Waals surface area contributed by atoms with Crippen molar-refractivity contribution in [2.24, 2.45) is 34.6 Å². The second-order valence-electron chi connectivity index (χ2n) is 5.59. The third kappa shape index (κ3) is 27.4. The molecular weight excluding hydrogens is 410 g/mol. The molecule has 0 fully saturated rings. The molecule has 0 spiro atoms. The van der Waals surface area contributed by atoms with E-state index in [0.717, 1.165) is 6.42 Å². The Morgan fingerprint density at radius 2 is 1.20 bits per heavy atom. The lowest BCUT2D eigenvalue weighted by atomic mass is 10.0. The predicted octanol–water partition coefficient (Wildman–Crippen LogP) is -3.86. The maximum absolute atomic E-state index is 10.2. The van der Waals surface area contributed by atoms with Gasteiger partial charge in [0, 0.05) is 0 Å². The van der Waals surface area contributed by atoms with E-state index >= 15 is 0 Å². The fourth-order valence-electron chi connectivity index (χ4n) is 0.879. The van der Waals surface area contributed by atoms with Crippen LogP contribution in [0, 0.1) is 5.92 Å². The van der Waals surface area contributed by atoms with Crippen LogP contribution in [0.25, 0.3) is 0 Å². The van der Waals surface area contributed by atoms with Crippen LogP contribution >= 0.6 is 0 Å². The van der Waals surface area contributed by atoms with Gasteiger partial charge in [0.15, 0.2) is 0 Å². The highest BCUT2D eigenvalue weighted by atomic mass is 16.4. The maximum atomic E-state index is 10.2. The molecular formula is C15H33N5O10. The fourth-order valence-corrected chi connectivity index (χ4v) is 0.879. The van der Waals surface area contributed by atoms with Crippen molar-refractivity contribution in [3.05, 3.63) is 0 Å². The molecule has 0 radical (unpaired) electrons. The lowest BCUT2D eigenvalue weighted by Crippen LogP contribution is -2.36. The van der Waals surface area contributed by atoms with Gasteiger partial charge < -0.3 is 54.2 Å². The Kier molecular flexibility index (Phi) is 24.1. The summed E-state index contributed by atoms with van der Waals surface area (Å²) in [5.41, 5.74) is 24.2. The average Bonchev–Trinajstić information content (AvgIpc) is 2.66. The molecule has 0 aliphatic heterocycles. The molecule has 0 saturated carbocycles. The first-order chi connectivity index (χ1) is 13.6. The molecule has 1 amide bonds. The summed E-state index contributed by atoms with van der Waals surface area (Å²) in [6.07, 6.45) is 0.503. The molecule has 0 saturated heterocycles. The smallest absolute Gasteiger partial charge is 0.322 e. The molecule has 0 heterocycles. The van der Waals surface area contributed by atoms with Gasteiger partial charge in [0.05, 0.1) is 19.6 Å². The summed E-state index contributed by atoms with van der Waals surface area (Å²) < 4.78 is 0. The zero-order valence-electron chi connectivity index (χ0n) is 16.8. The van der Waals surface area contributed by atoms with Crippen LogP contribution in [0.15, 0.2) is 0 Å². The van der Waals surface area contributed by atoms with Crippen LogP contribution in [0.2, 0.25) is 0 Å². The zero-order valence-corrected chi connectivity index (χ0v) is 16.8. The fraction of sp³-hybridized carbons (Fsp3) is 0.667. The number of carboxylic acids is 4. The molecule has 30 heavy (non-hydrogen) atoms. The number of hydrogen-bond acceptors (Lipinski definition) is 10. The number of aliphatic carboxylic acids is 4. The first-order valence-corrected chi connectivity index (χ1v) is 8.34. The summed E-state index contributed by atoms with van der Waals surface area (Å²) in [6, 6.07) is -2.99. The van der Waals surface area contributed by atoms with Crippen molar-refractivity contribution in [1.82, 2.24) is 0 Å². The van der Waals surface area contributed by atoms with Crippen LogP contribution < -0.4 is 28.7 Å². The molecule has 178 valence electrons. The topological polar surface area (TPSA) is 317 Å². The molecule has 0 aromatic carbocycles. The molecule has 0 bridgehead atoms. The predicted molar refractivity (Wildman–Crippen MR) is 104 cm³/mol. The Hall–Kier alpha value is -2.85. The molecule has 0 aromatic heterocycles. The van der Waals surface area contributed by atoms with Crippen molar-refractivity contribution in [2.75, 3.05) is 13.2 Å². The summed E-state index contributed by atoms with van der Waals surface area (Å²) in [7, 11) is 0. The summed E-state index contributed by atoms with van der Waals surface area (Å²) in [6.45, 7) is 2.97. The van der Waals surface area contributed by atoms with E-state index in [2.05, 4.69) is 11.5 Å². The van der Waals surface area contributed by atoms with Crippen LogP contribution in [-0.2, 0) is 24.0 Å². The molecule has 0 aliphatic carbocycles. The number of primary amides is 1. The Morgan fingerprint density at radius 3 is 1.27 bits per heavy atom. The van der Waals surface area contributed by atoms with Gasteiger partial charge in [-0.05, 0) is 5.92 Å². The first-order valence-electron chi connectivity index (χ1n) is 8.34. The van der Waals surface area contributed by atoms with Gasteiger partial charge in [-0.15, -0.1) is 0 Å². The standard InChI is InChI=1S/C6H13NO2.C4H8N2O3.C3H7NO3.C2H5NO2/c1-3-4(2)5(7)6(8)9;5-2(4(8)9)1-3(6)7;4-2(1-5)3(6)7;3-1-2(4)5/h4-5H,3,7H2,1-2H3,(H,8,9);2H,1,5H2,(H2,6,7)(H,8,9);2,5H,1,4H2,(H,6,7);1,3H2,(H,4,5).